The Bertz CT molecular complexity index is 1250. The van der Waals surface area contributed by atoms with Crippen LogP contribution in [-0.4, -0.2) is 51.7 Å². The number of hydrogen-bond donors (Lipinski definition) is 5. The van der Waals surface area contributed by atoms with Crippen molar-refractivity contribution in [1.29, 1.82) is 0 Å². The number of hydrogen-bond acceptors (Lipinski definition) is 5. The molecule has 1 aromatic carbocycles. The normalized spacial score (nSPS) is 12.4. The molecule has 47 heavy (non-hydrogen) atoms. The van der Waals surface area contributed by atoms with Gasteiger partial charge in [-0.1, -0.05) is 93.7 Å². The van der Waals surface area contributed by atoms with Crippen molar-refractivity contribution in [3.8, 4) is 5.75 Å². The first-order valence-corrected chi connectivity index (χ1v) is 17.7. The van der Waals surface area contributed by atoms with E-state index in [4.69, 9.17) is 5.11 Å². The van der Waals surface area contributed by atoms with E-state index in [0.29, 0.717) is 12.8 Å². The summed E-state index contributed by atoms with van der Waals surface area (Å²) in [4.78, 5) is 36.4. The quantitative estimate of drug-likeness (QED) is 0.0426. The summed E-state index contributed by atoms with van der Waals surface area (Å²) < 4.78 is -0.514. The maximum Gasteiger partial charge on any atom is 0.339 e. The smallest absolute Gasteiger partial charge is 0.339 e. The topological polar surface area (TPSA) is 128 Å². The number of nitrogens with one attached hydrogen (secondary N) is 3. The van der Waals surface area contributed by atoms with Gasteiger partial charge in [-0.05, 0) is 88.2 Å². The second-order valence-corrected chi connectivity index (χ2v) is 12.3. The summed E-state index contributed by atoms with van der Waals surface area (Å²) >= 11 is 1.69. The molecule has 0 unspecified atom stereocenters. The molecule has 9 heteroatoms. The lowest BCUT2D eigenvalue weighted by atomic mass is 10.0. The molecule has 1 rings (SSSR count). The van der Waals surface area contributed by atoms with Gasteiger partial charge in [-0.3, -0.25) is 4.79 Å². The Morgan fingerprint density at radius 1 is 0.745 bits per heavy atom. The van der Waals surface area contributed by atoms with Crippen LogP contribution in [0, 0.1) is 0 Å². The molecule has 5 N–H and O–H groups in total. The molecule has 258 valence electrons. The molecule has 0 aliphatic carbocycles. The van der Waals surface area contributed by atoms with Crippen molar-refractivity contribution >= 4 is 35.4 Å². The standard InChI is InChI=1S/C38H55N3O5S/c1-4-7-8-9-10-11-12-13-14-15-16-17-18-19-20-21-22-23-24-25-30-47-38(5-2,6-3)36(45)39-28-29-40-37(46)41-32-26-27-34(42)33(31-32)35(43)44/h7-8,10-11,13-14,16-17,19-20,22-23,26-27,31,42H,4-6,9,12,15,18,21,24-25,28-30H2,1-3H3,(H,39,45)(H,43,44)(H2,40,41,46)/b8-7-,11-10-,14-13-,17-16-,20-19-,23-22-. The number of rotatable bonds is 24. The fourth-order valence-electron chi connectivity index (χ4n) is 4.42. The van der Waals surface area contributed by atoms with E-state index in [2.05, 4.69) is 95.8 Å². The highest BCUT2D eigenvalue weighted by Gasteiger charge is 2.34. The fraction of sp³-hybridized carbons (Fsp3) is 0.447. The number of aromatic carboxylic acids is 1. The lowest BCUT2D eigenvalue weighted by molar-refractivity contribution is -0.123. The number of unbranched alkanes of at least 4 members (excludes halogenated alkanes) is 1. The minimum absolute atomic E-state index is 0.0340. The number of phenols is 1. The molecule has 0 bridgehead atoms. The maximum atomic E-state index is 13.1. The SMILES string of the molecule is CC/C=C\C/C=C\C/C=C\C/C=C\C/C=C\C/C=C\CCCSC(CC)(CC)C(=O)NCCNC(=O)Nc1ccc(O)c(C(=O)O)c1. The van der Waals surface area contributed by atoms with E-state index in [1.54, 1.807) is 11.8 Å². The van der Waals surface area contributed by atoms with Gasteiger partial charge in [0.1, 0.15) is 11.3 Å². The zero-order valence-electron chi connectivity index (χ0n) is 28.4. The Labute approximate surface area is 286 Å². The lowest BCUT2D eigenvalue weighted by Crippen LogP contribution is -2.46. The highest BCUT2D eigenvalue weighted by atomic mass is 32.2. The molecule has 0 fully saturated rings. The van der Waals surface area contributed by atoms with Crippen molar-refractivity contribution in [2.24, 2.45) is 0 Å². The minimum Gasteiger partial charge on any atom is -0.507 e. The van der Waals surface area contributed by atoms with Crippen molar-refractivity contribution in [3.05, 3.63) is 96.7 Å². The molecular formula is C38H55N3O5S. The summed E-state index contributed by atoms with van der Waals surface area (Å²) in [7, 11) is 0. The Morgan fingerprint density at radius 3 is 1.77 bits per heavy atom. The number of aromatic hydroxyl groups is 1. The molecule has 0 saturated heterocycles. The van der Waals surface area contributed by atoms with Gasteiger partial charge in [-0.15, -0.1) is 11.8 Å². The van der Waals surface area contributed by atoms with E-state index in [1.165, 1.54) is 18.2 Å². The third-order valence-corrected chi connectivity index (χ3v) is 9.04. The zero-order valence-corrected chi connectivity index (χ0v) is 29.2. The lowest BCUT2D eigenvalue weighted by Gasteiger charge is -2.29. The molecule has 0 spiro atoms. The third-order valence-electron chi connectivity index (χ3n) is 7.23. The first-order valence-electron chi connectivity index (χ1n) is 16.7. The van der Waals surface area contributed by atoms with E-state index >= 15 is 0 Å². The van der Waals surface area contributed by atoms with Crippen LogP contribution in [0.4, 0.5) is 10.5 Å². The number of benzene rings is 1. The van der Waals surface area contributed by atoms with Gasteiger partial charge in [0.25, 0.3) is 0 Å². The summed E-state index contributed by atoms with van der Waals surface area (Å²) in [6, 6.07) is 3.24. The number of anilines is 1. The van der Waals surface area contributed by atoms with Crippen molar-refractivity contribution in [2.45, 2.75) is 89.7 Å². The number of carboxylic acid groups (broad SMARTS) is 1. The predicted octanol–water partition coefficient (Wildman–Crippen LogP) is 9.10. The van der Waals surface area contributed by atoms with Crippen molar-refractivity contribution in [2.75, 3.05) is 24.2 Å². The van der Waals surface area contributed by atoms with Crippen LogP contribution in [-0.2, 0) is 4.79 Å². The molecule has 0 radical (unpaired) electrons. The predicted molar refractivity (Wildman–Crippen MR) is 198 cm³/mol. The summed E-state index contributed by atoms with van der Waals surface area (Å²) in [5.41, 5.74) is -0.0708. The number of allylic oxidation sites excluding steroid dienone is 12. The Hall–Kier alpha value is -3.98. The molecule has 0 saturated carbocycles. The van der Waals surface area contributed by atoms with Gasteiger partial charge < -0.3 is 26.2 Å². The molecule has 3 amide bonds. The highest BCUT2D eigenvalue weighted by Crippen LogP contribution is 2.33. The van der Waals surface area contributed by atoms with Crippen LogP contribution in [0.5, 0.6) is 5.75 Å². The van der Waals surface area contributed by atoms with Gasteiger partial charge in [-0.25, -0.2) is 9.59 Å². The van der Waals surface area contributed by atoms with Gasteiger partial charge in [0.2, 0.25) is 5.91 Å². The second kappa shape index (κ2) is 26.1. The van der Waals surface area contributed by atoms with Crippen molar-refractivity contribution in [1.82, 2.24) is 10.6 Å². The minimum atomic E-state index is -1.30. The van der Waals surface area contributed by atoms with E-state index in [-0.39, 0.29) is 36.0 Å². The van der Waals surface area contributed by atoms with Gasteiger partial charge in [0, 0.05) is 18.8 Å². The first kappa shape index (κ1) is 41.0. The van der Waals surface area contributed by atoms with Crippen LogP contribution in [0.3, 0.4) is 0 Å². The molecular weight excluding hydrogens is 611 g/mol. The molecule has 0 heterocycles. The van der Waals surface area contributed by atoms with Crippen LogP contribution in [0.25, 0.3) is 0 Å². The first-order chi connectivity index (χ1) is 22.8. The Morgan fingerprint density at radius 2 is 1.26 bits per heavy atom. The molecule has 0 aliphatic rings. The summed E-state index contributed by atoms with van der Waals surface area (Å²) in [5, 5.41) is 26.8. The van der Waals surface area contributed by atoms with Gasteiger partial charge in [-0.2, -0.15) is 0 Å². The van der Waals surface area contributed by atoms with Crippen LogP contribution in [0.1, 0.15) is 95.3 Å². The van der Waals surface area contributed by atoms with Crippen LogP contribution >= 0.6 is 11.8 Å². The summed E-state index contributed by atoms with van der Waals surface area (Å²) in [5.74, 6) is -0.829. The second-order valence-electron chi connectivity index (χ2n) is 10.8. The number of amides is 3. The molecule has 1 aromatic rings. The van der Waals surface area contributed by atoms with Gasteiger partial charge in [0.05, 0.1) is 4.75 Å². The average molecular weight is 666 g/mol. The number of carbonyl (C=O) groups excluding carboxylic acids is 2. The number of thioether (sulfide) groups is 1. The van der Waals surface area contributed by atoms with Gasteiger partial charge >= 0.3 is 12.0 Å². The highest BCUT2D eigenvalue weighted by molar-refractivity contribution is 8.01. The van der Waals surface area contributed by atoms with Crippen LogP contribution in [0.2, 0.25) is 0 Å². The van der Waals surface area contributed by atoms with E-state index in [1.807, 2.05) is 13.8 Å². The average Bonchev–Trinajstić information content (AvgIpc) is 3.06. The number of carbonyl (C=O) groups is 3. The number of carboxylic acids is 1. The Kier molecular flexibility index (Phi) is 22.8. The van der Waals surface area contributed by atoms with Crippen LogP contribution in [0.15, 0.2) is 91.1 Å². The molecule has 0 atom stereocenters. The molecule has 0 aromatic heterocycles. The van der Waals surface area contributed by atoms with Crippen LogP contribution < -0.4 is 16.0 Å². The zero-order chi connectivity index (χ0) is 34.6. The molecule has 0 aliphatic heterocycles. The van der Waals surface area contributed by atoms with E-state index in [9.17, 15) is 19.5 Å². The van der Waals surface area contributed by atoms with E-state index in [0.717, 1.165) is 57.1 Å². The fourth-order valence-corrected chi connectivity index (χ4v) is 5.74. The summed E-state index contributed by atoms with van der Waals surface area (Å²) in [6.07, 6.45) is 35.7. The molecule has 8 nitrogen and oxygen atoms in total. The Balaban J connectivity index is 2.23. The van der Waals surface area contributed by atoms with Crippen molar-refractivity contribution < 1.29 is 24.6 Å². The van der Waals surface area contributed by atoms with E-state index < -0.39 is 16.7 Å². The largest absolute Gasteiger partial charge is 0.507 e. The monoisotopic (exact) mass is 665 g/mol. The number of urea groups is 1. The van der Waals surface area contributed by atoms with Gasteiger partial charge in [0.15, 0.2) is 0 Å². The third kappa shape index (κ3) is 18.7. The maximum absolute atomic E-state index is 13.1. The van der Waals surface area contributed by atoms with Crippen molar-refractivity contribution in [3.63, 3.8) is 0 Å². The summed E-state index contributed by atoms with van der Waals surface area (Å²) in [6.45, 7) is 6.67.